The van der Waals surface area contributed by atoms with Crippen LogP contribution in [0.3, 0.4) is 0 Å². The van der Waals surface area contributed by atoms with E-state index in [1.165, 1.54) is 6.42 Å². The summed E-state index contributed by atoms with van der Waals surface area (Å²) in [5.41, 5.74) is 9.52. The molecule has 1 aromatic carbocycles. The van der Waals surface area contributed by atoms with Crippen LogP contribution >= 0.6 is 0 Å². The molecular weight excluding hydrogens is 306 g/mol. The van der Waals surface area contributed by atoms with Crippen molar-refractivity contribution >= 4 is 18.1 Å². The van der Waals surface area contributed by atoms with Gasteiger partial charge in [-0.1, -0.05) is 62.4 Å². The fraction of sp³-hybridized carbons (Fsp3) is 0.500. The van der Waals surface area contributed by atoms with Crippen molar-refractivity contribution in [3.63, 3.8) is 0 Å². The minimum atomic E-state index is -0.903. The predicted octanol–water partition coefficient (Wildman–Crippen LogP) is 3.12. The van der Waals surface area contributed by atoms with E-state index in [1.807, 2.05) is 30.3 Å². The van der Waals surface area contributed by atoms with Gasteiger partial charge in [0.15, 0.2) is 6.10 Å². The molecule has 1 amide bonds. The fourth-order valence-corrected chi connectivity index (χ4v) is 3.03. The molecule has 24 heavy (non-hydrogen) atoms. The van der Waals surface area contributed by atoms with Crippen molar-refractivity contribution in [3.05, 3.63) is 41.4 Å². The first-order valence-electron chi connectivity index (χ1n) is 8.38. The molecule has 1 aromatic rings. The van der Waals surface area contributed by atoms with Gasteiger partial charge in [-0.3, -0.25) is 4.79 Å². The smallest absolute Gasteiger partial charge is 0.408 e. The van der Waals surface area contributed by atoms with Crippen LogP contribution in [-0.4, -0.2) is 29.0 Å². The second kappa shape index (κ2) is 9.63. The van der Waals surface area contributed by atoms with Gasteiger partial charge in [0.25, 0.3) is 5.78 Å². The van der Waals surface area contributed by atoms with Gasteiger partial charge in [0.2, 0.25) is 0 Å². The average Bonchev–Trinajstić information content (AvgIpc) is 2.61. The molecule has 6 nitrogen and oxygen atoms in total. The molecule has 0 saturated heterocycles. The van der Waals surface area contributed by atoms with E-state index in [9.17, 15) is 9.59 Å². The standard InChI is InChI=1S/C18H23N3O3/c19-21-13-16(22)17(11-14-7-3-1-4-8-14)24-18(23)20-12-15-9-5-2-6-10-15/h2,5-6,9-10,13-14,17H,1,3-4,7-8,11-12H2,(H,20,23). The van der Waals surface area contributed by atoms with Crippen LogP contribution in [0, 0.1) is 5.92 Å². The van der Waals surface area contributed by atoms with Gasteiger partial charge in [0, 0.05) is 6.54 Å². The molecule has 0 aromatic heterocycles. The van der Waals surface area contributed by atoms with Gasteiger partial charge >= 0.3 is 12.3 Å². The minimum absolute atomic E-state index is 0.331. The van der Waals surface area contributed by atoms with Crippen LogP contribution in [0.4, 0.5) is 4.79 Å². The van der Waals surface area contributed by atoms with Gasteiger partial charge in [-0.15, -0.1) is 0 Å². The molecule has 1 atom stereocenters. The molecule has 1 aliphatic rings. The Hall–Kier alpha value is -2.46. The summed E-state index contributed by atoms with van der Waals surface area (Å²) in [4.78, 5) is 26.8. The monoisotopic (exact) mass is 329 g/mol. The van der Waals surface area contributed by atoms with Crippen LogP contribution < -0.4 is 5.32 Å². The Kier molecular flexibility index (Phi) is 7.18. The zero-order chi connectivity index (χ0) is 17.2. The summed E-state index contributed by atoms with van der Waals surface area (Å²) >= 11 is 0. The molecule has 0 bridgehead atoms. The topological polar surface area (TPSA) is 91.8 Å². The number of nitrogens with zero attached hydrogens (tertiary/aromatic N) is 2. The first kappa shape index (κ1) is 17.9. The van der Waals surface area contributed by atoms with E-state index in [0.29, 0.717) is 18.9 Å². The summed E-state index contributed by atoms with van der Waals surface area (Å²) in [5, 5.41) is 2.64. The molecule has 1 unspecified atom stereocenters. The van der Waals surface area contributed by atoms with E-state index >= 15 is 0 Å². The molecule has 0 aliphatic heterocycles. The van der Waals surface area contributed by atoms with Gasteiger partial charge in [-0.05, 0) is 17.9 Å². The number of nitrogens with one attached hydrogen (secondary N) is 1. The Bertz CT molecular complexity index is 591. The normalized spacial score (nSPS) is 15.8. The first-order valence-corrected chi connectivity index (χ1v) is 8.38. The van der Waals surface area contributed by atoms with E-state index in [1.54, 1.807) is 0 Å². The van der Waals surface area contributed by atoms with Gasteiger partial charge < -0.3 is 15.6 Å². The minimum Gasteiger partial charge on any atom is -0.438 e. The number of Topliss-reactive ketones (excluding diaryl/α,β-unsaturated/α-hetero) is 1. The summed E-state index contributed by atoms with van der Waals surface area (Å²) < 4.78 is 5.29. The van der Waals surface area contributed by atoms with Crippen molar-refractivity contribution in [2.45, 2.75) is 51.2 Å². The van der Waals surface area contributed by atoms with Crippen molar-refractivity contribution in [3.8, 4) is 0 Å². The second-order valence-electron chi connectivity index (χ2n) is 6.12. The van der Waals surface area contributed by atoms with E-state index in [4.69, 9.17) is 10.3 Å². The highest BCUT2D eigenvalue weighted by atomic mass is 16.6. The van der Waals surface area contributed by atoms with Gasteiger partial charge in [0.1, 0.15) is 0 Å². The summed E-state index contributed by atoms with van der Waals surface area (Å²) in [5.74, 6) is -0.125. The highest BCUT2D eigenvalue weighted by Crippen LogP contribution is 2.28. The molecule has 1 fully saturated rings. The Morgan fingerprint density at radius 3 is 2.62 bits per heavy atom. The Labute approximate surface area is 141 Å². The molecule has 6 heteroatoms. The third-order valence-corrected chi connectivity index (χ3v) is 4.30. The van der Waals surface area contributed by atoms with Crippen molar-refractivity contribution < 1.29 is 19.1 Å². The summed E-state index contributed by atoms with van der Waals surface area (Å²) in [6.07, 6.45) is 5.30. The predicted molar refractivity (Wildman–Crippen MR) is 89.4 cm³/mol. The molecule has 0 radical (unpaired) electrons. The zero-order valence-corrected chi connectivity index (χ0v) is 13.7. The van der Waals surface area contributed by atoms with Crippen molar-refractivity contribution in [1.82, 2.24) is 5.32 Å². The van der Waals surface area contributed by atoms with Gasteiger partial charge in [0.05, 0.1) is 0 Å². The van der Waals surface area contributed by atoms with Crippen LogP contribution in [0.25, 0.3) is 5.53 Å². The number of carbonyl (C=O) groups is 2. The molecule has 1 saturated carbocycles. The molecule has 0 heterocycles. The maximum Gasteiger partial charge on any atom is 0.408 e. The van der Waals surface area contributed by atoms with Crippen molar-refractivity contribution in [2.75, 3.05) is 0 Å². The maximum absolute atomic E-state index is 12.0. The maximum atomic E-state index is 12.0. The number of alkyl carbamates (subject to hydrolysis) is 1. The van der Waals surface area contributed by atoms with Crippen LogP contribution in [0.2, 0.25) is 0 Å². The Morgan fingerprint density at radius 1 is 1.25 bits per heavy atom. The van der Waals surface area contributed by atoms with E-state index in [2.05, 4.69) is 10.1 Å². The number of benzene rings is 1. The number of amides is 1. The molecule has 0 spiro atoms. The molecule has 2 rings (SSSR count). The van der Waals surface area contributed by atoms with Crippen molar-refractivity contribution in [1.29, 1.82) is 0 Å². The number of ketones is 1. The molecule has 1 aliphatic carbocycles. The lowest BCUT2D eigenvalue weighted by Crippen LogP contribution is -2.35. The lowest BCUT2D eigenvalue weighted by molar-refractivity contribution is -0.124. The van der Waals surface area contributed by atoms with Gasteiger partial charge in [-0.25, -0.2) is 4.79 Å². The SMILES string of the molecule is [N-]=[N+]=CC(=O)C(CC1CCCCC1)OC(=O)NCc1ccccc1. The van der Waals surface area contributed by atoms with Crippen LogP contribution in [0.15, 0.2) is 30.3 Å². The summed E-state index contributed by atoms with van der Waals surface area (Å²) in [6.45, 7) is 0.331. The third-order valence-electron chi connectivity index (χ3n) is 4.30. The lowest BCUT2D eigenvalue weighted by atomic mass is 9.85. The highest BCUT2D eigenvalue weighted by molar-refractivity contribution is 6.27. The van der Waals surface area contributed by atoms with Crippen LogP contribution in [0.1, 0.15) is 44.1 Å². The molecule has 1 N–H and O–H groups in total. The van der Waals surface area contributed by atoms with Gasteiger partial charge in [-0.2, -0.15) is 4.79 Å². The summed E-state index contributed by atoms with van der Waals surface area (Å²) in [7, 11) is 0. The van der Waals surface area contributed by atoms with E-state index < -0.39 is 18.0 Å². The fourth-order valence-electron chi connectivity index (χ4n) is 3.03. The third kappa shape index (κ3) is 5.97. The van der Waals surface area contributed by atoms with Crippen LogP contribution in [0.5, 0.6) is 0 Å². The Balaban J connectivity index is 1.89. The second-order valence-corrected chi connectivity index (χ2v) is 6.12. The van der Waals surface area contributed by atoms with E-state index in [-0.39, 0.29) is 0 Å². The number of hydrogen-bond donors (Lipinski definition) is 1. The largest absolute Gasteiger partial charge is 0.438 e. The van der Waals surface area contributed by atoms with Crippen molar-refractivity contribution in [2.24, 2.45) is 5.92 Å². The number of carbonyl (C=O) groups excluding carboxylic acids is 2. The number of rotatable bonds is 7. The summed E-state index contributed by atoms with van der Waals surface area (Å²) in [6, 6.07) is 9.45. The number of hydrogen-bond acceptors (Lipinski definition) is 3. The molecule has 128 valence electrons. The average molecular weight is 329 g/mol. The van der Waals surface area contributed by atoms with Crippen LogP contribution in [-0.2, 0) is 16.1 Å². The Morgan fingerprint density at radius 2 is 1.96 bits per heavy atom. The number of ether oxygens (including phenoxy) is 1. The van der Waals surface area contributed by atoms with E-state index in [0.717, 1.165) is 37.5 Å². The molecular formula is C18H23N3O3. The quantitative estimate of drug-likeness (QED) is 0.473. The first-order chi connectivity index (χ1) is 11.7. The highest BCUT2D eigenvalue weighted by Gasteiger charge is 2.28. The zero-order valence-electron chi connectivity index (χ0n) is 13.7. The lowest BCUT2D eigenvalue weighted by Gasteiger charge is -2.24.